The number of anilines is 1. The Balaban J connectivity index is 2.03. The standard InChI is InChI=1S/C8H13N3OS/c1-3-6-9-7(13-10-6)11-4-8(2,12)5-11/h12H,3-5H2,1-2H3. The molecule has 0 unspecified atom stereocenters. The minimum absolute atomic E-state index is 0.530. The van der Waals surface area contributed by atoms with Crippen molar-refractivity contribution < 1.29 is 5.11 Å². The third kappa shape index (κ3) is 1.66. The van der Waals surface area contributed by atoms with Gasteiger partial charge in [-0.25, -0.2) is 4.98 Å². The zero-order valence-corrected chi connectivity index (χ0v) is 8.63. The van der Waals surface area contributed by atoms with Crippen molar-refractivity contribution in [3.63, 3.8) is 0 Å². The van der Waals surface area contributed by atoms with Crippen LogP contribution in [0.1, 0.15) is 19.7 Å². The van der Waals surface area contributed by atoms with E-state index in [-0.39, 0.29) is 0 Å². The molecule has 0 amide bonds. The smallest absolute Gasteiger partial charge is 0.205 e. The molecule has 13 heavy (non-hydrogen) atoms. The van der Waals surface area contributed by atoms with E-state index in [2.05, 4.69) is 14.3 Å². The summed E-state index contributed by atoms with van der Waals surface area (Å²) < 4.78 is 4.19. The molecule has 1 aromatic rings. The van der Waals surface area contributed by atoms with Gasteiger partial charge in [0.15, 0.2) is 0 Å². The normalized spacial score (nSPS) is 20.1. The highest BCUT2D eigenvalue weighted by atomic mass is 32.1. The van der Waals surface area contributed by atoms with E-state index in [1.807, 2.05) is 13.8 Å². The highest BCUT2D eigenvalue weighted by Gasteiger charge is 2.38. The van der Waals surface area contributed by atoms with Gasteiger partial charge >= 0.3 is 0 Å². The minimum atomic E-state index is -0.530. The first-order valence-electron chi connectivity index (χ1n) is 4.40. The minimum Gasteiger partial charge on any atom is -0.386 e. The van der Waals surface area contributed by atoms with Crippen molar-refractivity contribution in [2.45, 2.75) is 25.9 Å². The van der Waals surface area contributed by atoms with E-state index in [1.54, 1.807) is 0 Å². The van der Waals surface area contributed by atoms with Crippen molar-refractivity contribution in [1.82, 2.24) is 9.36 Å². The summed E-state index contributed by atoms with van der Waals surface area (Å²) in [5.74, 6) is 0.895. The van der Waals surface area contributed by atoms with Gasteiger partial charge in [0.05, 0.1) is 18.7 Å². The quantitative estimate of drug-likeness (QED) is 0.760. The van der Waals surface area contributed by atoms with Gasteiger partial charge in [-0.3, -0.25) is 0 Å². The van der Waals surface area contributed by atoms with Crippen LogP contribution in [0.15, 0.2) is 0 Å². The molecule has 0 spiro atoms. The Hall–Kier alpha value is -0.680. The fourth-order valence-corrected chi connectivity index (χ4v) is 2.18. The van der Waals surface area contributed by atoms with E-state index in [0.29, 0.717) is 13.1 Å². The van der Waals surface area contributed by atoms with Crippen molar-refractivity contribution in [2.24, 2.45) is 0 Å². The zero-order valence-electron chi connectivity index (χ0n) is 7.82. The van der Waals surface area contributed by atoms with Gasteiger partial charge in [-0.1, -0.05) is 6.92 Å². The van der Waals surface area contributed by atoms with E-state index in [0.717, 1.165) is 17.4 Å². The fraction of sp³-hybridized carbons (Fsp3) is 0.750. The molecule has 0 radical (unpaired) electrons. The molecule has 72 valence electrons. The lowest BCUT2D eigenvalue weighted by Gasteiger charge is -2.43. The maximum Gasteiger partial charge on any atom is 0.205 e. The molecule has 1 aliphatic heterocycles. The van der Waals surface area contributed by atoms with Crippen molar-refractivity contribution in [2.75, 3.05) is 18.0 Å². The van der Waals surface area contributed by atoms with Gasteiger partial charge in [0.2, 0.25) is 5.13 Å². The average Bonchev–Trinajstić information content (AvgIpc) is 2.47. The summed E-state index contributed by atoms with van der Waals surface area (Å²) in [5, 5.41) is 10.5. The highest BCUT2D eigenvalue weighted by molar-refractivity contribution is 7.09. The Morgan fingerprint density at radius 3 is 2.77 bits per heavy atom. The number of β-amino-alcohol motifs (C(OH)–C–C–N with tert-alkyl or cyclic N) is 1. The lowest BCUT2D eigenvalue weighted by molar-refractivity contribution is 0.0310. The van der Waals surface area contributed by atoms with Gasteiger partial charge in [-0.2, -0.15) is 4.37 Å². The SMILES string of the molecule is CCc1nsc(N2CC(C)(O)C2)n1. The molecular formula is C8H13N3OS. The Kier molecular flexibility index (Phi) is 2.00. The van der Waals surface area contributed by atoms with Crippen LogP contribution < -0.4 is 4.90 Å². The number of nitrogens with zero attached hydrogens (tertiary/aromatic N) is 3. The van der Waals surface area contributed by atoms with Crippen LogP contribution in [0, 0.1) is 0 Å². The van der Waals surface area contributed by atoms with Crippen LogP contribution in [0.2, 0.25) is 0 Å². The van der Waals surface area contributed by atoms with Crippen LogP contribution >= 0.6 is 11.5 Å². The Morgan fingerprint density at radius 2 is 2.31 bits per heavy atom. The molecule has 0 saturated carbocycles. The third-order valence-corrected chi connectivity index (χ3v) is 2.92. The summed E-state index contributed by atoms with van der Waals surface area (Å²) in [6.45, 7) is 5.22. The Bertz CT molecular complexity index is 302. The predicted octanol–water partition coefficient (Wildman–Crippen LogP) is 0.671. The van der Waals surface area contributed by atoms with Gasteiger partial charge < -0.3 is 10.0 Å². The Morgan fingerprint density at radius 1 is 1.62 bits per heavy atom. The lowest BCUT2D eigenvalue weighted by Crippen LogP contribution is -2.60. The first-order valence-corrected chi connectivity index (χ1v) is 5.18. The van der Waals surface area contributed by atoms with Gasteiger partial charge in [-0.15, -0.1) is 0 Å². The van der Waals surface area contributed by atoms with E-state index in [4.69, 9.17) is 0 Å². The first kappa shape index (κ1) is 8.90. The summed E-state index contributed by atoms with van der Waals surface area (Å²) >= 11 is 1.41. The number of aryl methyl sites for hydroxylation is 1. The molecule has 5 heteroatoms. The van der Waals surface area contributed by atoms with Crippen LogP contribution in [0.25, 0.3) is 0 Å². The first-order chi connectivity index (χ1) is 6.11. The highest BCUT2D eigenvalue weighted by Crippen LogP contribution is 2.28. The van der Waals surface area contributed by atoms with Gasteiger partial charge in [0.25, 0.3) is 0 Å². The van der Waals surface area contributed by atoms with Crippen LogP contribution in [-0.2, 0) is 6.42 Å². The maximum atomic E-state index is 9.52. The van der Waals surface area contributed by atoms with Gasteiger partial charge in [0, 0.05) is 18.0 Å². The molecule has 2 rings (SSSR count). The average molecular weight is 199 g/mol. The van der Waals surface area contributed by atoms with Crippen LogP contribution in [0.4, 0.5) is 5.13 Å². The van der Waals surface area contributed by atoms with E-state index in [1.165, 1.54) is 11.5 Å². The number of aromatic nitrogens is 2. The monoisotopic (exact) mass is 199 g/mol. The third-order valence-electron chi connectivity index (χ3n) is 2.11. The van der Waals surface area contributed by atoms with Crippen LogP contribution in [0.5, 0.6) is 0 Å². The van der Waals surface area contributed by atoms with E-state index < -0.39 is 5.60 Å². The summed E-state index contributed by atoms with van der Waals surface area (Å²) in [7, 11) is 0. The predicted molar refractivity (Wildman–Crippen MR) is 52.1 cm³/mol. The molecule has 0 aromatic carbocycles. The number of hydrogen-bond donors (Lipinski definition) is 1. The molecule has 1 N–H and O–H groups in total. The largest absolute Gasteiger partial charge is 0.386 e. The summed E-state index contributed by atoms with van der Waals surface area (Å²) in [4.78, 5) is 6.39. The van der Waals surface area contributed by atoms with Crippen molar-refractivity contribution in [3.05, 3.63) is 5.82 Å². The molecular weight excluding hydrogens is 186 g/mol. The number of hydrogen-bond acceptors (Lipinski definition) is 5. The van der Waals surface area contributed by atoms with Crippen molar-refractivity contribution in [3.8, 4) is 0 Å². The Labute approximate surface area is 81.4 Å². The second-order valence-corrected chi connectivity index (χ2v) is 4.43. The molecule has 0 bridgehead atoms. The molecule has 1 aromatic heterocycles. The van der Waals surface area contributed by atoms with Crippen LogP contribution in [0.3, 0.4) is 0 Å². The van der Waals surface area contributed by atoms with E-state index >= 15 is 0 Å². The topological polar surface area (TPSA) is 49.2 Å². The number of aliphatic hydroxyl groups is 1. The molecule has 0 atom stereocenters. The van der Waals surface area contributed by atoms with Crippen molar-refractivity contribution in [1.29, 1.82) is 0 Å². The number of rotatable bonds is 2. The molecule has 2 heterocycles. The summed E-state index contributed by atoms with van der Waals surface area (Å²) in [6, 6.07) is 0. The molecule has 1 saturated heterocycles. The lowest BCUT2D eigenvalue weighted by atomic mass is 9.98. The summed E-state index contributed by atoms with van der Waals surface area (Å²) in [5.41, 5.74) is -0.530. The zero-order chi connectivity index (χ0) is 9.47. The van der Waals surface area contributed by atoms with Gasteiger partial charge in [-0.05, 0) is 6.92 Å². The molecule has 1 aliphatic rings. The molecule has 1 fully saturated rings. The van der Waals surface area contributed by atoms with E-state index in [9.17, 15) is 5.11 Å². The molecule has 0 aliphatic carbocycles. The summed E-state index contributed by atoms with van der Waals surface area (Å²) in [6.07, 6.45) is 0.876. The second-order valence-electron chi connectivity index (χ2n) is 3.70. The van der Waals surface area contributed by atoms with Gasteiger partial charge in [0.1, 0.15) is 5.82 Å². The molecule has 4 nitrogen and oxygen atoms in total. The van der Waals surface area contributed by atoms with Crippen LogP contribution in [-0.4, -0.2) is 33.2 Å². The second kappa shape index (κ2) is 2.92. The fourth-order valence-electron chi connectivity index (χ4n) is 1.43. The maximum absolute atomic E-state index is 9.52. The van der Waals surface area contributed by atoms with Crippen molar-refractivity contribution >= 4 is 16.7 Å².